The van der Waals surface area contributed by atoms with E-state index in [4.69, 9.17) is 10.2 Å². The Hall–Kier alpha value is -1.46. The molecule has 0 heterocycles. The average molecular weight is 202 g/mol. The molecule has 6 nitrogen and oxygen atoms in total. The summed E-state index contributed by atoms with van der Waals surface area (Å²) < 4.78 is 0. The first kappa shape index (κ1) is 10.6. The largest absolute Gasteiger partial charge is 0.465 e. The van der Waals surface area contributed by atoms with Crippen LogP contribution in [0.25, 0.3) is 0 Å². The second kappa shape index (κ2) is 4.69. The predicted molar refractivity (Wildman–Crippen MR) is 48.4 cm³/mol. The van der Waals surface area contributed by atoms with Crippen molar-refractivity contribution in [2.24, 2.45) is 0 Å². The first-order valence-corrected chi connectivity index (χ1v) is 4.57. The number of hydrogen-bond acceptors (Lipinski definition) is 2. The second-order valence-corrected chi connectivity index (χ2v) is 3.46. The minimum Gasteiger partial charge on any atom is -0.465 e. The SMILES string of the molecule is O=C(O)N[C@@H]1CCC[C@@H](NC(=O)O)C1. The zero-order chi connectivity index (χ0) is 10.6. The minimum absolute atomic E-state index is 0.127. The standard InChI is InChI=1S/C8H14N2O4/c11-7(12)9-5-2-1-3-6(4-5)10-8(13)14/h5-6,9-10H,1-4H2,(H,11,12)(H,13,14)/t5-,6-/m1/s1. The molecule has 0 radical (unpaired) electrons. The summed E-state index contributed by atoms with van der Waals surface area (Å²) in [6.07, 6.45) is 0.847. The van der Waals surface area contributed by atoms with Gasteiger partial charge in [0.15, 0.2) is 0 Å². The smallest absolute Gasteiger partial charge is 0.404 e. The Bertz CT molecular complexity index is 209. The number of hydrogen-bond donors (Lipinski definition) is 4. The van der Waals surface area contributed by atoms with E-state index in [1.165, 1.54) is 0 Å². The zero-order valence-corrected chi connectivity index (χ0v) is 7.69. The predicted octanol–water partition coefficient (Wildman–Crippen LogP) is 0.833. The number of amides is 2. The molecule has 1 fully saturated rings. The molecule has 0 spiro atoms. The van der Waals surface area contributed by atoms with Crippen LogP contribution in [0.4, 0.5) is 9.59 Å². The van der Waals surface area contributed by atoms with Gasteiger partial charge in [0.1, 0.15) is 0 Å². The van der Waals surface area contributed by atoms with Gasteiger partial charge in [0.05, 0.1) is 0 Å². The summed E-state index contributed by atoms with van der Waals surface area (Å²) in [5, 5.41) is 21.7. The molecule has 14 heavy (non-hydrogen) atoms. The number of carboxylic acid groups (broad SMARTS) is 2. The van der Waals surface area contributed by atoms with E-state index in [0.29, 0.717) is 6.42 Å². The Morgan fingerprint density at radius 3 is 1.79 bits per heavy atom. The highest BCUT2D eigenvalue weighted by atomic mass is 16.4. The van der Waals surface area contributed by atoms with Crippen molar-refractivity contribution in [3.8, 4) is 0 Å². The lowest BCUT2D eigenvalue weighted by atomic mass is 9.91. The van der Waals surface area contributed by atoms with Crippen LogP contribution in [0, 0.1) is 0 Å². The molecule has 0 saturated heterocycles. The van der Waals surface area contributed by atoms with Gasteiger partial charge in [-0.2, -0.15) is 0 Å². The molecule has 0 bridgehead atoms. The lowest BCUT2D eigenvalue weighted by Crippen LogP contribution is -2.45. The first-order valence-electron chi connectivity index (χ1n) is 4.57. The highest BCUT2D eigenvalue weighted by Crippen LogP contribution is 2.18. The van der Waals surface area contributed by atoms with Gasteiger partial charge in [0.25, 0.3) is 0 Å². The third-order valence-corrected chi connectivity index (χ3v) is 2.33. The van der Waals surface area contributed by atoms with Crippen molar-refractivity contribution < 1.29 is 19.8 Å². The van der Waals surface area contributed by atoms with Crippen molar-refractivity contribution in [1.82, 2.24) is 10.6 Å². The van der Waals surface area contributed by atoms with Gasteiger partial charge in [0, 0.05) is 12.1 Å². The van der Waals surface area contributed by atoms with Crippen molar-refractivity contribution in [2.75, 3.05) is 0 Å². The van der Waals surface area contributed by atoms with Gasteiger partial charge in [-0.05, 0) is 25.7 Å². The maximum atomic E-state index is 10.3. The van der Waals surface area contributed by atoms with E-state index in [0.717, 1.165) is 19.3 Å². The first-order chi connectivity index (χ1) is 6.58. The average Bonchev–Trinajstić information content (AvgIpc) is 2.01. The molecule has 0 aromatic rings. The Balaban J connectivity index is 2.35. The normalized spacial score (nSPS) is 26.6. The van der Waals surface area contributed by atoms with E-state index < -0.39 is 12.2 Å². The van der Waals surface area contributed by atoms with Gasteiger partial charge >= 0.3 is 12.2 Å². The van der Waals surface area contributed by atoms with Crippen LogP contribution in [-0.2, 0) is 0 Å². The monoisotopic (exact) mass is 202 g/mol. The summed E-state index contributed by atoms with van der Waals surface area (Å²) in [5.74, 6) is 0. The number of nitrogens with one attached hydrogen (secondary N) is 2. The number of carbonyl (C=O) groups is 2. The fourth-order valence-electron chi connectivity index (χ4n) is 1.80. The van der Waals surface area contributed by atoms with Crippen molar-refractivity contribution in [2.45, 2.75) is 37.8 Å². The second-order valence-electron chi connectivity index (χ2n) is 3.46. The molecule has 80 valence electrons. The third-order valence-electron chi connectivity index (χ3n) is 2.33. The van der Waals surface area contributed by atoms with E-state index in [-0.39, 0.29) is 12.1 Å². The summed E-state index contributed by atoms with van der Waals surface area (Å²) in [6, 6.07) is -0.254. The van der Waals surface area contributed by atoms with E-state index in [2.05, 4.69) is 10.6 Å². The van der Waals surface area contributed by atoms with Gasteiger partial charge in [-0.1, -0.05) is 0 Å². The fraction of sp³-hybridized carbons (Fsp3) is 0.750. The van der Waals surface area contributed by atoms with E-state index in [1.807, 2.05) is 0 Å². The summed E-state index contributed by atoms with van der Waals surface area (Å²) >= 11 is 0. The summed E-state index contributed by atoms with van der Waals surface area (Å²) in [5.41, 5.74) is 0. The fourth-order valence-corrected chi connectivity index (χ4v) is 1.80. The molecular weight excluding hydrogens is 188 g/mol. The molecule has 0 aromatic heterocycles. The highest BCUT2D eigenvalue weighted by Gasteiger charge is 2.23. The highest BCUT2D eigenvalue weighted by molar-refractivity contribution is 5.65. The Morgan fingerprint density at radius 1 is 1.00 bits per heavy atom. The van der Waals surface area contributed by atoms with Crippen LogP contribution in [0.2, 0.25) is 0 Å². The van der Waals surface area contributed by atoms with Crippen LogP contribution >= 0.6 is 0 Å². The minimum atomic E-state index is -1.05. The Kier molecular flexibility index (Phi) is 3.55. The Morgan fingerprint density at radius 2 is 1.43 bits per heavy atom. The molecule has 2 atom stereocenters. The summed E-state index contributed by atoms with van der Waals surface area (Å²) in [6.45, 7) is 0. The number of rotatable bonds is 2. The van der Waals surface area contributed by atoms with Gasteiger partial charge < -0.3 is 20.8 Å². The van der Waals surface area contributed by atoms with Gasteiger partial charge in [0.2, 0.25) is 0 Å². The molecule has 2 amide bonds. The maximum absolute atomic E-state index is 10.3. The van der Waals surface area contributed by atoms with Gasteiger partial charge in [-0.3, -0.25) is 0 Å². The van der Waals surface area contributed by atoms with E-state index >= 15 is 0 Å². The van der Waals surface area contributed by atoms with Crippen LogP contribution < -0.4 is 10.6 Å². The van der Waals surface area contributed by atoms with E-state index in [9.17, 15) is 9.59 Å². The summed E-state index contributed by atoms with van der Waals surface area (Å²) in [7, 11) is 0. The van der Waals surface area contributed by atoms with Crippen LogP contribution in [0.5, 0.6) is 0 Å². The van der Waals surface area contributed by atoms with Crippen molar-refractivity contribution >= 4 is 12.2 Å². The molecule has 1 aliphatic carbocycles. The van der Waals surface area contributed by atoms with Crippen molar-refractivity contribution in [3.05, 3.63) is 0 Å². The molecule has 1 saturated carbocycles. The van der Waals surface area contributed by atoms with Gasteiger partial charge in [-0.15, -0.1) is 0 Å². The Labute approximate surface area is 81.3 Å². The lowest BCUT2D eigenvalue weighted by molar-refractivity contribution is 0.176. The van der Waals surface area contributed by atoms with E-state index in [1.54, 1.807) is 0 Å². The molecule has 0 unspecified atom stereocenters. The third kappa shape index (κ3) is 3.51. The molecule has 1 aliphatic rings. The van der Waals surface area contributed by atoms with Crippen LogP contribution in [0.15, 0.2) is 0 Å². The van der Waals surface area contributed by atoms with Crippen LogP contribution in [0.1, 0.15) is 25.7 Å². The zero-order valence-electron chi connectivity index (χ0n) is 7.69. The van der Waals surface area contributed by atoms with Crippen molar-refractivity contribution in [1.29, 1.82) is 0 Å². The summed E-state index contributed by atoms with van der Waals surface area (Å²) in [4.78, 5) is 20.7. The topological polar surface area (TPSA) is 98.7 Å². The lowest BCUT2D eigenvalue weighted by Gasteiger charge is -2.28. The molecule has 0 aromatic carbocycles. The van der Waals surface area contributed by atoms with Crippen LogP contribution in [0.3, 0.4) is 0 Å². The quantitative estimate of drug-likeness (QED) is 0.533. The molecule has 0 aliphatic heterocycles. The molecule has 6 heteroatoms. The van der Waals surface area contributed by atoms with Crippen LogP contribution in [-0.4, -0.2) is 34.5 Å². The van der Waals surface area contributed by atoms with Crippen molar-refractivity contribution in [3.63, 3.8) is 0 Å². The molecule has 4 N–H and O–H groups in total. The van der Waals surface area contributed by atoms with Gasteiger partial charge in [-0.25, -0.2) is 9.59 Å². The maximum Gasteiger partial charge on any atom is 0.404 e. The molecule has 1 rings (SSSR count). The molecular formula is C8H14N2O4.